The molecular weight excluding hydrogens is 435 g/mol. The molecule has 0 fully saturated rings. The summed E-state index contributed by atoms with van der Waals surface area (Å²) < 4.78 is 0. The minimum absolute atomic E-state index is 0.0382. The highest BCUT2D eigenvalue weighted by Gasteiger charge is 2.31. The van der Waals surface area contributed by atoms with Crippen molar-refractivity contribution in [3.8, 4) is 0 Å². The van der Waals surface area contributed by atoms with Crippen LogP contribution in [0.5, 0.6) is 0 Å². The quantitative estimate of drug-likeness (QED) is 0.452. The zero-order valence-corrected chi connectivity index (χ0v) is 16.4. The van der Waals surface area contributed by atoms with E-state index in [1.54, 1.807) is 0 Å². The minimum Gasteiger partial charge on any atom is -0.0918 e. The van der Waals surface area contributed by atoms with Gasteiger partial charge < -0.3 is 0 Å². The highest BCUT2D eigenvalue weighted by molar-refractivity contribution is 9.09. The van der Waals surface area contributed by atoms with Crippen molar-refractivity contribution >= 4 is 55.1 Å². The summed E-state index contributed by atoms with van der Waals surface area (Å²) in [5.41, 5.74) is 3.65. The molecule has 112 valence electrons. The predicted molar refractivity (Wildman–Crippen MR) is 101 cm³/mol. The molecule has 0 radical (unpaired) electrons. The van der Waals surface area contributed by atoms with Gasteiger partial charge in [0.05, 0.1) is 0 Å². The number of halogens is 4. The number of hydrogen-bond acceptors (Lipinski definition) is 0. The fourth-order valence-electron chi connectivity index (χ4n) is 2.39. The van der Waals surface area contributed by atoms with E-state index >= 15 is 0 Å². The molecule has 0 saturated carbocycles. The number of rotatable bonds is 5. The summed E-state index contributed by atoms with van der Waals surface area (Å²) in [4.78, 5) is 0. The summed E-state index contributed by atoms with van der Waals surface area (Å²) in [6.45, 7) is 2.12. The lowest BCUT2D eigenvalue weighted by Crippen LogP contribution is -2.33. The maximum absolute atomic E-state index is 6.35. The van der Waals surface area contributed by atoms with Crippen molar-refractivity contribution in [2.45, 2.75) is 18.8 Å². The van der Waals surface area contributed by atoms with Crippen LogP contribution in [0.15, 0.2) is 42.5 Å². The first kappa shape index (κ1) is 17.3. The molecule has 21 heavy (non-hydrogen) atoms. The fraction of sp³-hybridized carbons (Fsp3) is 0.294. The van der Waals surface area contributed by atoms with Crippen molar-refractivity contribution in [2.75, 3.05) is 10.7 Å². The molecule has 2 rings (SSSR count). The largest absolute Gasteiger partial charge is 0.0918 e. The molecule has 2 aromatic rings. The standard InChI is InChI=1S/C17H16Br2Cl2/c1-12-3-2-4-14(7-12)17(10-18,11-19)9-13-5-6-15(20)8-16(13)21/h2-8H,9-11H2,1H3. The van der Waals surface area contributed by atoms with Crippen molar-refractivity contribution in [3.63, 3.8) is 0 Å². The molecule has 0 bridgehead atoms. The molecule has 4 heteroatoms. The van der Waals surface area contributed by atoms with Gasteiger partial charge in [-0.1, -0.05) is 91.0 Å². The van der Waals surface area contributed by atoms with Crippen molar-refractivity contribution in [1.29, 1.82) is 0 Å². The Bertz CT molecular complexity index is 622. The Morgan fingerprint density at radius 2 is 1.71 bits per heavy atom. The van der Waals surface area contributed by atoms with Gasteiger partial charge in [0, 0.05) is 26.1 Å². The smallest absolute Gasteiger partial charge is 0.0453 e. The van der Waals surface area contributed by atoms with E-state index in [1.165, 1.54) is 11.1 Å². The van der Waals surface area contributed by atoms with Gasteiger partial charge in [0.15, 0.2) is 0 Å². The fourth-order valence-corrected chi connectivity index (χ4v) is 4.84. The van der Waals surface area contributed by atoms with Crippen LogP contribution in [0.4, 0.5) is 0 Å². The third-order valence-corrected chi connectivity index (χ3v) is 6.42. The van der Waals surface area contributed by atoms with Gasteiger partial charge in [0.1, 0.15) is 0 Å². The number of hydrogen-bond donors (Lipinski definition) is 0. The summed E-state index contributed by atoms with van der Waals surface area (Å²) >= 11 is 19.7. The van der Waals surface area contributed by atoms with Crippen LogP contribution >= 0.6 is 55.1 Å². The lowest BCUT2D eigenvalue weighted by molar-refractivity contribution is 0.551. The second-order valence-electron chi connectivity index (χ2n) is 5.33. The van der Waals surface area contributed by atoms with E-state index in [0.717, 1.165) is 27.7 Å². The molecule has 0 aromatic heterocycles. The van der Waals surface area contributed by atoms with E-state index in [0.29, 0.717) is 5.02 Å². The van der Waals surface area contributed by atoms with Crippen LogP contribution in [0.3, 0.4) is 0 Å². The zero-order chi connectivity index (χ0) is 15.5. The average Bonchev–Trinajstić information content (AvgIpc) is 2.47. The first-order valence-corrected chi connectivity index (χ1v) is 9.63. The Kier molecular flexibility index (Phi) is 6.19. The van der Waals surface area contributed by atoms with Gasteiger partial charge in [0.2, 0.25) is 0 Å². The lowest BCUT2D eigenvalue weighted by Gasteiger charge is -2.31. The van der Waals surface area contributed by atoms with E-state index in [1.807, 2.05) is 18.2 Å². The Labute approximate surface area is 153 Å². The van der Waals surface area contributed by atoms with Gasteiger partial charge >= 0.3 is 0 Å². The van der Waals surface area contributed by atoms with Gasteiger partial charge in [-0.2, -0.15) is 0 Å². The summed E-state index contributed by atoms with van der Waals surface area (Å²) in [6, 6.07) is 14.4. The van der Waals surface area contributed by atoms with Gasteiger partial charge in [-0.3, -0.25) is 0 Å². The monoisotopic (exact) mass is 448 g/mol. The van der Waals surface area contributed by atoms with Crippen LogP contribution in [0, 0.1) is 6.92 Å². The summed E-state index contributed by atoms with van der Waals surface area (Å²) in [7, 11) is 0. The molecule has 0 spiro atoms. The lowest BCUT2D eigenvalue weighted by atomic mass is 9.78. The van der Waals surface area contributed by atoms with Crippen LogP contribution in [0.2, 0.25) is 10.0 Å². The second kappa shape index (κ2) is 7.50. The zero-order valence-electron chi connectivity index (χ0n) is 11.7. The topological polar surface area (TPSA) is 0 Å². The number of aryl methyl sites for hydroxylation is 1. The van der Waals surface area contributed by atoms with Crippen molar-refractivity contribution in [1.82, 2.24) is 0 Å². The molecular formula is C17H16Br2Cl2. The molecule has 0 amide bonds. The highest BCUT2D eigenvalue weighted by Crippen LogP contribution is 2.35. The second-order valence-corrected chi connectivity index (χ2v) is 7.29. The van der Waals surface area contributed by atoms with Gasteiger partial charge in [0.25, 0.3) is 0 Å². The Balaban J connectivity index is 2.43. The van der Waals surface area contributed by atoms with Crippen LogP contribution in [-0.4, -0.2) is 10.7 Å². The van der Waals surface area contributed by atoms with E-state index in [9.17, 15) is 0 Å². The highest BCUT2D eigenvalue weighted by atomic mass is 79.9. The Morgan fingerprint density at radius 1 is 1.00 bits per heavy atom. The molecule has 2 aromatic carbocycles. The van der Waals surface area contributed by atoms with E-state index in [2.05, 4.69) is 63.0 Å². The maximum atomic E-state index is 6.35. The molecule has 0 N–H and O–H groups in total. The third kappa shape index (κ3) is 4.04. The molecule has 0 aliphatic rings. The normalized spacial score (nSPS) is 11.7. The van der Waals surface area contributed by atoms with Crippen LogP contribution in [0.1, 0.15) is 16.7 Å². The van der Waals surface area contributed by atoms with E-state index < -0.39 is 0 Å². The van der Waals surface area contributed by atoms with Crippen LogP contribution in [-0.2, 0) is 11.8 Å². The number of alkyl halides is 2. The van der Waals surface area contributed by atoms with E-state index in [-0.39, 0.29) is 5.41 Å². The van der Waals surface area contributed by atoms with Crippen molar-refractivity contribution in [2.24, 2.45) is 0 Å². The van der Waals surface area contributed by atoms with Gasteiger partial charge in [-0.25, -0.2) is 0 Å². The van der Waals surface area contributed by atoms with Crippen molar-refractivity contribution < 1.29 is 0 Å². The van der Waals surface area contributed by atoms with Crippen LogP contribution in [0.25, 0.3) is 0 Å². The molecule has 0 heterocycles. The summed E-state index contributed by atoms with van der Waals surface area (Å²) in [5.74, 6) is 0. The third-order valence-electron chi connectivity index (χ3n) is 3.69. The molecule has 0 saturated heterocycles. The predicted octanol–water partition coefficient (Wildman–Crippen LogP) is 6.57. The van der Waals surface area contributed by atoms with Crippen molar-refractivity contribution in [3.05, 3.63) is 69.2 Å². The first-order valence-electron chi connectivity index (χ1n) is 6.64. The van der Waals surface area contributed by atoms with Gasteiger partial charge in [-0.05, 0) is 36.6 Å². The molecule has 0 nitrogen and oxygen atoms in total. The van der Waals surface area contributed by atoms with Crippen LogP contribution < -0.4 is 0 Å². The maximum Gasteiger partial charge on any atom is 0.0453 e. The minimum atomic E-state index is -0.0382. The Morgan fingerprint density at radius 3 is 2.29 bits per heavy atom. The first-order chi connectivity index (χ1) is 10.0. The molecule has 0 aliphatic heterocycles. The molecule has 0 aliphatic carbocycles. The molecule has 0 unspecified atom stereocenters. The molecule has 0 atom stereocenters. The summed E-state index contributed by atoms with van der Waals surface area (Å²) in [5, 5.41) is 3.10. The average molecular weight is 451 g/mol. The van der Waals surface area contributed by atoms with E-state index in [4.69, 9.17) is 23.2 Å². The number of benzene rings is 2. The summed E-state index contributed by atoms with van der Waals surface area (Å²) in [6.07, 6.45) is 0.850. The Hall–Kier alpha value is -0.0200. The SMILES string of the molecule is Cc1cccc(C(CBr)(CBr)Cc2ccc(Cl)cc2Cl)c1. The van der Waals surface area contributed by atoms with Gasteiger partial charge in [-0.15, -0.1) is 0 Å².